The number of thiophene rings is 1. The molecule has 0 aliphatic rings. The lowest BCUT2D eigenvalue weighted by Crippen LogP contribution is -2.13. The second-order valence-corrected chi connectivity index (χ2v) is 4.13. The first kappa shape index (κ1) is 11.9. The fourth-order valence-corrected chi connectivity index (χ4v) is 1.98. The quantitative estimate of drug-likeness (QED) is 0.924. The van der Waals surface area contributed by atoms with Crippen LogP contribution >= 0.6 is 11.3 Å². The molecule has 2 rings (SSSR count). The van der Waals surface area contributed by atoms with Crippen molar-refractivity contribution < 1.29 is 17.9 Å². The average Bonchev–Trinajstić information content (AvgIpc) is 2.63. The molecule has 0 aromatic carbocycles. The summed E-state index contributed by atoms with van der Waals surface area (Å²) in [5.74, 6) is 0.0833. The van der Waals surface area contributed by atoms with Gasteiger partial charge in [-0.25, -0.2) is 4.98 Å². The van der Waals surface area contributed by atoms with E-state index < -0.39 is 19.2 Å². The monoisotopic (exact) mass is 263 g/mol. The second-order valence-electron chi connectivity index (χ2n) is 3.24. The first-order valence-electron chi connectivity index (χ1n) is 4.66. The number of fused-ring (bicyclic) bond motifs is 1. The molecular weight excluding hydrogens is 255 g/mol. The molecule has 17 heavy (non-hydrogen) atoms. The zero-order valence-electron chi connectivity index (χ0n) is 8.49. The fraction of sp³-hybridized carbons (Fsp3) is 0.333. The van der Waals surface area contributed by atoms with Gasteiger partial charge in [0.25, 0.3) is 0 Å². The summed E-state index contributed by atoms with van der Waals surface area (Å²) in [6.45, 7) is -0.481. The van der Waals surface area contributed by atoms with E-state index in [4.69, 9.17) is 10.5 Å². The van der Waals surface area contributed by atoms with Gasteiger partial charge in [0.05, 0.1) is 18.4 Å². The maximum atomic E-state index is 12.0. The topological polar surface area (TPSA) is 61.0 Å². The lowest BCUT2D eigenvalue weighted by Gasteiger charge is -2.08. The third-order valence-corrected chi connectivity index (χ3v) is 2.74. The van der Waals surface area contributed by atoms with Gasteiger partial charge >= 0.3 is 6.18 Å². The lowest BCUT2D eigenvalue weighted by molar-refractivity contribution is -0.139. The Kier molecular flexibility index (Phi) is 3.05. The zero-order chi connectivity index (χ0) is 12.5. The largest absolute Gasteiger partial charge is 0.477 e. The van der Waals surface area contributed by atoms with E-state index in [0.29, 0.717) is 10.2 Å². The van der Waals surface area contributed by atoms with Crippen LogP contribution in [0.3, 0.4) is 0 Å². The molecule has 0 radical (unpaired) electrons. The number of ether oxygens (including phenoxy) is 1. The van der Waals surface area contributed by atoms with Crippen LogP contribution in [-0.2, 0) is 0 Å². The summed E-state index contributed by atoms with van der Waals surface area (Å²) in [5.41, 5.74) is 5.42. The molecule has 2 heterocycles. The van der Waals surface area contributed by atoms with Gasteiger partial charge in [-0.05, 0) is 11.4 Å². The summed E-state index contributed by atoms with van der Waals surface area (Å²) in [6.07, 6.45) is -5.27. The first-order chi connectivity index (χ1) is 7.96. The van der Waals surface area contributed by atoms with Crippen molar-refractivity contribution in [3.8, 4) is 5.88 Å². The summed E-state index contributed by atoms with van der Waals surface area (Å²) in [7, 11) is 0. The number of hydrogen-bond acceptors (Lipinski definition) is 5. The number of hydrogen-bond donors (Lipinski definition) is 1. The van der Waals surface area contributed by atoms with Gasteiger partial charge in [-0.15, -0.1) is 11.3 Å². The molecule has 2 N–H and O–H groups in total. The van der Waals surface area contributed by atoms with Crippen molar-refractivity contribution in [2.45, 2.75) is 12.6 Å². The number of aromatic nitrogens is 2. The van der Waals surface area contributed by atoms with Crippen LogP contribution in [0.5, 0.6) is 5.88 Å². The highest BCUT2D eigenvalue weighted by molar-refractivity contribution is 7.16. The molecule has 4 nitrogen and oxygen atoms in total. The smallest absolute Gasteiger partial charge is 0.392 e. The lowest BCUT2D eigenvalue weighted by atomic mass is 10.4. The number of anilines is 1. The Bertz CT molecular complexity index is 526. The van der Waals surface area contributed by atoms with Gasteiger partial charge in [0, 0.05) is 0 Å². The minimum absolute atomic E-state index is 0.0121. The molecule has 0 fully saturated rings. The van der Waals surface area contributed by atoms with E-state index >= 15 is 0 Å². The fourth-order valence-electron chi connectivity index (χ4n) is 1.22. The van der Waals surface area contributed by atoms with Crippen molar-refractivity contribution in [1.29, 1.82) is 0 Å². The average molecular weight is 263 g/mol. The third kappa shape index (κ3) is 2.96. The predicted octanol–water partition coefficient (Wildman–Crippen LogP) is 2.60. The first-order valence-corrected chi connectivity index (χ1v) is 5.54. The summed E-state index contributed by atoms with van der Waals surface area (Å²) < 4.78 is 40.9. The molecule has 0 bridgehead atoms. The van der Waals surface area contributed by atoms with E-state index in [-0.39, 0.29) is 11.8 Å². The van der Waals surface area contributed by atoms with Crippen molar-refractivity contribution >= 4 is 27.5 Å². The van der Waals surface area contributed by atoms with E-state index in [1.54, 1.807) is 11.4 Å². The van der Waals surface area contributed by atoms with E-state index in [1.165, 1.54) is 11.3 Å². The third-order valence-electron chi connectivity index (χ3n) is 1.93. The molecule has 2 aromatic rings. The molecule has 0 aliphatic heterocycles. The highest BCUT2D eigenvalue weighted by Crippen LogP contribution is 2.28. The van der Waals surface area contributed by atoms with Crippen LogP contribution in [0.4, 0.5) is 19.1 Å². The SMILES string of the molecule is Nc1nc(OCCC(F)(F)F)c2ccsc2n1. The normalized spacial score (nSPS) is 11.9. The second kappa shape index (κ2) is 4.36. The highest BCUT2D eigenvalue weighted by Gasteiger charge is 2.27. The number of alkyl halides is 3. The molecule has 2 aromatic heterocycles. The maximum Gasteiger partial charge on any atom is 0.392 e. The van der Waals surface area contributed by atoms with Crippen molar-refractivity contribution in [1.82, 2.24) is 9.97 Å². The van der Waals surface area contributed by atoms with Gasteiger partial charge in [-0.1, -0.05) is 0 Å². The van der Waals surface area contributed by atoms with Crippen LogP contribution in [0.25, 0.3) is 10.2 Å². The molecule has 0 unspecified atom stereocenters. The standard InChI is InChI=1S/C9H8F3N3OS/c10-9(11,12)2-3-16-6-5-1-4-17-7(5)15-8(13)14-6/h1,4H,2-3H2,(H2,13,14,15). The Morgan fingerprint density at radius 1 is 1.35 bits per heavy atom. The number of halogens is 3. The minimum Gasteiger partial charge on any atom is -0.477 e. The number of rotatable bonds is 3. The van der Waals surface area contributed by atoms with Crippen LogP contribution in [0, 0.1) is 0 Å². The van der Waals surface area contributed by atoms with Crippen LogP contribution in [0.15, 0.2) is 11.4 Å². The van der Waals surface area contributed by atoms with Crippen molar-refractivity contribution in [2.75, 3.05) is 12.3 Å². The summed E-state index contributed by atoms with van der Waals surface area (Å²) in [6, 6.07) is 1.68. The summed E-state index contributed by atoms with van der Waals surface area (Å²) in [5, 5.41) is 2.32. The Balaban J connectivity index is 2.15. The molecule has 0 amide bonds. The zero-order valence-corrected chi connectivity index (χ0v) is 9.31. The van der Waals surface area contributed by atoms with Gasteiger partial charge in [0.2, 0.25) is 11.8 Å². The van der Waals surface area contributed by atoms with E-state index in [1.807, 2.05) is 0 Å². The van der Waals surface area contributed by atoms with Gasteiger partial charge < -0.3 is 10.5 Å². The van der Waals surface area contributed by atoms with E-state index in [9.17, 15) is 13.2 Å². The number of nitrogens with two attached hydrogens (primary N) is 1. The van der Waals surface area contributed by atoms with Gasteiger partial charge in [0.1, 0.15) is 4.83 Å². The number of nitrogen functional groups attached to an aromatic ring is 1. The molecule has 0 aliphatic carbocycles. The molecule has 0 atom stereocenters. The molecule has 0 saturated carbocycles. The van der Waals surface area contributed by atoms with E-state index in [2.05, 4.69) is 9.97 Å². The molecular formula is C9H8F3N3OS. The van der Waals surface area contributed by atoms with Crippen LogP contribution < -0.4 is 10.5 Å². The summed E-state index contributed by atoms with van der Waals surface area (Å²) in [4.78, 5) is 8.31. The predicted molar refractivity (Wildman–Crippen MR) is 58.0 cm³/mol. The van der Waals surface area contributed by atoms with Crippen LogP contribution in [0.1, 0.15) is 6.42 Å². The molecule has 8 heteroatoms. The Morgan fingerprint density at radius 2 is 2.12 bits per heavy atom. The Hall–Kier alpha value is -1.57. The van der Waals surface area contributed by atoms with Crippen molar-refractivity contribution in [3.05, 3.63) is 11.4 Å². The maximum absolute atomic E-state index is 12.0. The van der Waals surface area contributed by atoms with Crippen molar-refractivity contribution in [2.24, 2.45) is 0 Å². The summed E-state index contributed by atoms with van der Waals surface area (Å²) >= 11 is 1.32. The Morgan fingerprint density at radius 3 is 2.82 bits per heavy atom. The van der Waals surface area contributed by atoms with Crippen molar-refractivity contribution in [3.63, 3.8) is 0 Å². The molecule has 0 saturated heterocycles. The van der Waals surface area contributed by atoms with Gasteiger partial charge in [-0.2, -0.15) is 18.2 Å². The van der Waals surface area contributed by atoms with Gasteiger partial charge in [-0.3, -0.25) is 0 Å². The number of nitrogens with zero attached hydrogens (tertiary/aromatic N) is 2. The molecule has 0 spiro atoms. The van der Waals surface area contributed by atoms with Gasteiger partial charge in [0.15, 0.2) is 0 Å². The van der Waals surface area contributed by atoms with Crippen LogP contribution in [-0.4, -0.2) is 22.8 Å². The Labute approximate surface area is 98.2 Å². The van der Waals surface area contributed by atoms with Crippen LogP contribution in [0.2, 0.25) is 0 Å². The molecule has 92 valence electrons. The van der Waals surface area contributed by atoms with E-state index in [0.717, 1.165) is 0 Å². The minimum atomic E-state index is -4.24. The highest BCUT2D eigenvalue weighted by atomic mass is 32.1.